The molecule has 0 fully saturated rings. The van der Waals surface area contributed by atoms with E-state index in [9.17, 15) is 14.3 Å². The first-order valence-corrected chi connectivity index (χ1v) is 10.3. The van der Waals surface area contributed by atoms with Crippen LogP contribution in [0.1, 0.15) is 5.56 Å². The van der Waals surface area contributed by atoms with Crippen molar-refractivity contribution in [3.8, 4) is 28.6 Å². The third-order valence-corrected chi connectivity index (χ3v) is 4.25. The monoisotopic (exact) mass is 498 g/mol. The quantitative estimate of drug-likeness (QED) is 0.352. The Balaban J connectivity index is 0.000000785. The van der Waals surface area contributed by atoms with Crippen LogP contribution < -0.4 is 14.9 Å². The number of benzene rings is 2. The molecule has 0 saturated carbocycles. The molecule has 3 rings (SSSR count). The molecule has 0 amide bonds. The fourth-order valence-electron chi connectivity index (χ4n) is 2.62. The number of methoxy groups -OCH3 is 2. The lowest BCUT2D eigenvalue weighted by atomic mass is 10.1. The predicted octanol–water partition coefficient (Wildman–Crippen LogP) is 4.79. The van der Waals surface area contributed by atoms with Crippen molar-refractivity contribution in [3.05, 3.63) is 52.2 Å². The SMILES string of the molecule is COCOc1cc(-c2oc3cc(C)ccc3c(=O)c2OCOC)ccc1O.FCCBr. The molecule has 0 aliphatic carbocycles. The number of aryl methyl sites for hydroxylation is 1. The maximum atomic E-state index is 12.9. The molecule has 0 unspecified atom stereocenters. The zero-order valence-electron chi connectivity index (χ0n) is 17.4. The Bertz CT molecular complexity index is 1050. The van der Waals surface area contributed by atoms with Crippen LogP contribution in [0.25, 0.3) is 22.3 Å². The first kappa shape index (κ1) is 24.6. The van der Waals surface area contributed by atoms with Gasteiger partial charge in [0.25, 0.3) is 0 Å². The molecule has 1 aromatic heterocycles. The maximum Gasteiger partial charge on any atom is 0.235 e. The number of rotatable bonds is 8. The Morgan fingerprint density at radius 3 is 2.39 bits per heavy atom. The van der Waals surface area contributed by atoms with Gasteiger partial charge in [0.1, 0.15) is 5.58 Å². The first-order chi connectivity index (χ1) is 15.0. The predicted molar refractivity (Wildman–Crippen MR) is 119 cm³/mol. The van der Waals surface area contributed by atoms with E-state index in [1.807, 2.05) is 13.0 Å². The molecule has 0 bridgehead atoms. The molecule has 0 aliphatic rings. The van der Waals surface area contributed by atoms with Crippen molar-refractivity contribution in [2.75, 3.05) is 39.8 Å². The van der Waals surface area contributed by atoms with Gasteiger partial charge < -0.3 is 28.5 Å². The second-order valence-electron chi connectivity index (χ2n) is 6.25. The molecule has 0 atom stereocenters. The van der Waals surface area contributed by atoms with E-state index in [2.05, 4.69) is 15.9 Å². The van der Waals surface area contributed by atoms with Crippen LogP contribution in [0.15, 0.2) is 45.6 Å². The number of hydrogen-bond acceptors (Lipinski definition) is 7. The molecule has 1 N–H and O–H groups in total. The number of halogens is 2. The molecule has 31 heavy (non-hydrogen) atoms. The van der Waals surface area contributed by atoms with Gasteiger partial charge in [-0.3, -0.25) is 9.18 Å². The number of ether oxygens (including phenoxy) is 4. The second-order valence-corrected chi connectivity index (χ2v) is 7.04. The fourth-order valence-corrected chi connectivity index (χ4v) is 2.62. The van der Waals surface area contributed by atoms with E-state index in [1.54, 1.807) is 24.3 Å². The highest BCUT2D eigenvalue weighted by atomic mass is 79.9. The van der Waals surface area contributed by atoms with Crippen LogP contribution in [0.2, 0.25) is 0 Å². The van der Waals surface area contributed by atoms with Crippen LogP contribution in [-0.4, -0.2) is 44.9 Å². The Hall–Kier alpha value is -2.62. The summed E-state index contributed by atoms with van der Waals surface area (Å²) >= 11 is 2.87. The topological polar surface area (TPSA) is 87.4 Å². The fraction of sp³-hybridized carbons (Fsp3) is 0.318. The summed E-state index contributed by atoms with van der Waals surface area (Å²) in [6, 6.07) is 9.91. The van der Waals surface area contributed by atoms with Crippen molar-refractivity contribution in [3.63, 3.8) is 0 Å². The van der Waals surface area contributed by atoms with Crippen molar-refractivity contribution in [2.24, 2.45) is 0 Å². The van der Waals surface area contributed by atoms with E-state index in [4.69, 9.17) is 23.4 Å². The summed E-state index contributed by atoms with van der Waals surface area (Å²) < 4.78 is 37.3. The van der Waals surface area contributed by atoms with Crippen molar-refractivity contribution >= 4 is 26.9 Å². The van der Waals surface area contributed by atoms with E-state index in [1.165, 1.54) is 20.3 Å². The van der Waals surface area contributed by atoms with Crippen molar-refractivity contribution < 1.29 is 32.9 Å². The highest BCUT2D eigenvalue weighted by Gasteiger charge is 2.19. The van der Waals surface area contributed by atoms with E-state index >= 15 is 0 Å². The van der Waals surface area contributed by atoms with Crippen molar-refractivity contribution in [1.29, 1.82) is 0 Å². The molecule has 7 nitrogen and oxygen atoms in total. The summed E-state index contributed by atoms with van der Waals surface area (Å²) in [6.45, 7) is 1.50. The van der Waals surface area contributed by atoms with E-state index in [0.717, 1.165) is 5.56 Å². The Kier molecular flexibility index (Phi) is 9.77. The van der Waals surface area contributed by atoms with Gasteiger partial charge in [0, 0.05) is 25.1 Å². The van der Waals surface area contributed by atoms with E-state index < -0.39 is 0 Å². The van der Waals surface area contributed by atoms with Gasteiger partial charge in [-0.2, -0.15) is 0 Å². The summed E-state index contributed by atoms with van der Waals surface area (Å²) in [4.78, 5) is 12.9. The minimum absolute atomic E-state index is 0.0246. The summed E-state index contributed by atoms with van der Waals surface area (Å²) in [5.74, 6) is 0.377. The molecule has 168 valence electrons. The third-order valence-electron chi connectivity index (χ3n) is 3.95. The van der Waals surface area contributed by atoms with Crippen LogP contribution in [-0.2, 0) is 9.47 Å². The second kappa shape index (κ2) is 12.3. The highest BCUT2D eigenvalue weighted by Crippen LogP contribution is 2.36. The minimum Gasteiger partial charge on any atom is -0.504 e. The number of hydrogen-bond donors (Lipinski definition) is 1. The zero-order valence-corrected chi connectivity index (χ0v) is 19.0. The molecule has 3 aromatic rings. The average Bonchev–Trinajstić information content (AvgIpc) is 2.77. The number of alkyl halides is 2. The third kappa shape index (κ3) is 6.43. The van der Waals surface area contributed by atoms with Crippen LogP contribution in [0.5, 0.6) is 17.2 Å². The average molecular weight is 499 g/mol. The molecular formula is C22H24BrFO7. The van der Waals surface area contributed by atoms with Gasteiger partial charge in [0.2, 0.25) is 11.2 Å². The number of phenolic OH excluding ortho intramolecular Hbond substituents is 1. The lowest BCUT2D eigenvalue weighted by molar-refractivity contribution is 0.0490. The molecule has 9 heteroatoms. The largest absolute Gasteiger partial charge is 0.504 e. The number of aromatic hydroxyl groups is 1. The lowest BCUT2D eigenvalue weighted by Gasteiger charge is -2.13. The summed E-state index contributed by atoms with van der Waals surface area (Å²) in [5, 5.41) is 10.8. The number of fused-ring (bicyclic) bond motifs is 1. The van der Waals surface area contributed by atoms with Crippen molar-refractivity contribution in [1.82, 2.24) is 0 Å². The summed E-state index contributed by atoms with van der Waals surface area (Å²) in [7, 11) is 2.94. The molecule has 0 saturated heterocycles. The molecular weight excluding hydrogens is 475 g/mol. The highest BCUT2D eigenvalue weighted by molar-refractivity contribution is 9.09. The van der Waals surface area contributed by atoms with Gasteiger partial charge in [-0.15, -0.1) is 0 Å². The zero-order chi connectivity index (χ0) is 22.8. The van der Waals surface area contributed by atoms with E-state index in [-0.39, 0.29) is 48.7 Å². The van der Waals surface area contributed by atoms with Gasteiger partial charge in [0.15, 0.2) is 30.8 Å². The normalized spacial score (nSPS) is 10.5. The minimum atomic E-state index is -0.310. The maximum absolute atomic E-state index is 12.9. The lowest BCUT2D eigenvalue weighted by Crippen LogP contribution is -2.12. The van der Waals surface area contributed by atoms with Crippen LogP contribution in [0.4, 0.5) is 4.39 Å². The van der Waals surface area contributed by atoms with Gasteiger partial charge in [-0.25, -0.2) is 0 Å². The Morgan fingerprint density at radius 2 is 1.74 bits per heavy atom. The Labute approximate surface area is 187 Å². The van der Waals surface area contributed by atoms with Gasteiger partial charge in [-0.05, 0) is 42.8 Å². The van der Waals surface area contributed by atoms with Crippen LogP contribution in [0, 0.1) is 6.92 Å². The van der Waals surface area contributed by atoms with Crippen molar-refractivity contribution in [2.45, 2.75) is 6.92 Å². The molecule has 0 spiro atoms. The smallest absolute Gasteiger partial charge is 0.235 e. The summed E-state index contributed by atoms with van der Waals surface area (Å²) in [6.07, 6.45) is 0. The van der Waals surface area contributed by atoms with E-state index in [0.29, 0.717) is 21.9 Å². The molecule has 0 aliphatic heterocycles. The van der Waals surface area contributed by atoms with Crippen LogP contribution in [0.3, 0.4) is 0 Å². The standard InChI is InChI=1S/C20H20O7.C2H4BrF/c1-12-4-6-14-16(8-12)27-19(20(18(14)22)26-11-24-3)13-5-7-15(21)17(9-13)25-10-23-2;3-1-2-4/h4-9,21H,10-11H2,1-3H3;1-2H2. The summed E-state index contributed by atoms with van der Waals surface area (Å²) in [5.41, 5.74) is 1.59. The molecule has 1 heterocycles. The van der Waals surface area contributed by atoms with Gasteiger partial charge >= 0.3 is 0 Å². The number of phenols is 1. The first-order valence-electron chi connectivity index (χ1n) is 9.23. The van der Waals surface area contributed by atoms with Gasteiger partial charge in [0.05, 0.1) is 12.1 Å². The molecule has 2 aromatic carbocycles. The van der Waals surface area contributed by atoms with Gasteiger partial charge in [-0.1, -0.05) is 22.0 Å². The van der Waals surface area contributed by atoms with Crippen LogP contribution >= 0.6 is 15.9 Å². The Morgan fingerprint density at radius 1 is 1.06 bits per heavy atom. The molecule has 0 radical (unpaired) electrons.